The zero-order valence-corrected chi connectivity index (χ0v) is 16.3. The molecule has 0 saturated heterocycles. The van der Waals surface area contributed by atoms with E-state index < -0.39 is 0 Å². The van der Waals surface area contributed by atoms with Crippen LogP contribution in [0.1, 0.15) is 51.5 Å². The fraction of sp³-hybridized carbons (Fsp3) is 0.550. The second-order valence-electron chi connectivity index (χ2n) is 6.84. The van der Waals surface area contributed by atoms with Crippen molar-refractivity contribution in [3.05, 3.63) is 24.3 Å². The molecule has 6 heteroatoms. The summed E-state index contributed by atoms with van der Waals surface area (Å²) in [5.74, 6) is 3.30. The van der Waals surface area contributed by atoms with Crippen molar-refractivity contribution in [1.29, 1.82) is 5.26 Å². The van der Waals surface area contributed by atoms with Gasteiger partial charge in [-0.25, -0.2) is 0 Å². The number of methoxy groups -OCH3 is 1. The first-order valence-electron chi connectivity index (χ1n) is 9.33. The molecule has 1 aliphatic rings. The van der Waals surface area contributed by atoms with Crippen LogP contribution >= 0.6 is 11.8 Å². The quantitative estimate of drug-likeness (QED) is 0.501. The fourth-order valence-corrected chi connectivity index (χ4v) is 4.54. The lowest BCUT2D eigenvalue weighted by molar-refractivity contribution is 0.247. The lowest BCUT2D eigenvalue weighted by Gasteiger charge is -2.31. The minimum absolute atomic E-state index is 0.439. The van der Waals surface area contributed by atoms with E-state index in [4.69, 9.17) is 10.00 Å². The molecule has 1 aromatic heterocycles. The zero-order chi connectivity index (χ0) is 18.4. The van der Waals surface area contributed by atoms with Crippen LogP contribution in [0, 0.1) is 17.2 Å². The van der Waals surface area contributed by atoms with E-state index in [-0.39, 0.29) is 0 Å². The van der Waals surface area contributed by atoms with Crippen molar-refractivity contribution in [1.82, 2.24) is 14.8 Å². The first-order chi connectivity index (χ1) is 12.7. The van der Waals surface area contributed by atoms with Gasteiger partial charge in [-0.2, -0.15) is 5.26 Å². The van der Waals surface area contributed by atoms with Gasteiger partial charge in [0.25, 0.3) is 0 Å². The molecular formula is C20H26N4OS. The van der Waals surface area contributed by atoms with Crippen LogP contribution in [0.15, 0.2) is 29.4 Å². The number of nitrogens with zero attached hydrogens (tertiary/aromatic N) is 4. The molecule has 1 heterocycles. The summed E-state index contributed by atoms with van der Waals surface area (Å²) >= 11 is 1.72. The van der Waals surface area contributed by atoms with Crippen LogP contribution in [0.5, 0.6) is 5.75 Å². The highest BCUT2D eigenvalue weighted by Crippen LogP contribution is 2.39. The molecule has 1 aromatic carbocycles. The summed E-state index contributed by atoms with van der Waals surface area (Å²) in [6.45, 7) is 2.34. The Morgan fingerprint density at radius 1 is 1.23 bits per heavy atom. The Kier molecular flexibility index (Phi) is 6.56. The topological polar surface area (TPSA) is 63.7 Å². The van der Waals surface area contributed by atoms with E-state index in [1.54, 1.807) is 18.9 Å². The van der Waals surface area contributed by atoms with E-state index in [0.29, 0.717) is 18.4 Å². The molecule has 2 aromatic rings. The van der Waals surface area contributed by atoms with E-state index >= 15 is 0 Å². The van der Waals surface area contributed by atoms with Crippen LogP contribution in [0.25, 0.3) is 11.4 Å². The molecule has 3 rings (SSSR count). The minimum Gasteiger partial charge on any atom is -0.497 e. The molecule has 0 radical (unpaired) electrons. The highest BCUT2D eigenvalue weighted by atomic mass is 32.2. The number of ether oxygens (including phenoxy) is 1. The number of aromatic nitrogens is 3. The number of thioether (sulfide) groups is 1. The van der Waals surface area contributed by atoms with Crippen LogP contribution in [-0.4, -0.2) is 27.6 Å². The molecule has 0 N–H and O–H groups in total. The molecule has 1 fully saturated rings. The molecule has 1 aliphatic carbocycles. The molecule has 0 bridgehead atoms. The first-order valence-corrected chi connectivity index (χ1v) is 10.3. The van der Waals surface area contributed by atoms with Crippen LogP contribution in [0.4, 0.5) is 0 Å². The van der Waals surface area contributed by atoms with Gasteiger partial charge in [-0.1, -0.05) is 31.5 Å². The smallest absolute Gasteiger partial charge is 0.191 e. The van der Waals surface area contributed by atoms with Gasteiger partial charge in [-0.3, -0.25) is 4.57 Å². The third kappa shape index (κ3) is 4.21. The number of benzene rings is 1. The first kappa shape index (κ1) is 18.8. The van der Waals surface area contributed by atoms with Gasteiger partial charge in [-0.05, 0) is 49.4 Å². The standard InChI is InChI=1S/C20H26N4OS/c1-15-7-3-4-8-18(15)24-19(16-9-11-17(25-2)12-10-16)22-23-20(24)26-14-6-5-13-21/h9-12,15,18H,3-8,14H2,1-2H3. The van der Waals surface area contributed by atoms with Crippen molar-refractivity contribution in [2.45, 2.75) is 56.6 Å². The lowest BCUT2D eigenvalue weighted by atomic mass is 9.85. The van der Waals surface area contributed by atoms with Crippen molar-refractivity contribution in [3.63, 3.8) is 0 Å². The predicted octanol–water partition coefficient (Wildman–Crippen LogP) is 5.10. The number of unbranched alkanes of at least 4 members (excludes halogenated alkanes) is 1. The maximum Gasteiger partial charge on any atom is 0.191 e. The summed E-state index contributed by atoms with van der Waals surface area (Å²) in [7, 11) is 1.68. The highest BCUT2D eigenvalue weighted by Gasteiger charge is 2.28. The molecule has 138 valence electrons. The second-order valence-corrected chi connectivity index (χ2v) is 7.91. The maximum absolute atomic E-state index is 8.75. The average Bonchev–Trinajstić information content (AvgIpc) is 3.09. The van der Waals surface area contributed by atoms with E-state index in [0.717, 1.165) is 34.5 Å². The molecule has 0 spiro atoms. The molecule has 2 atom stereocenters. The van der Waals surface area contributed by atoms with Crippen molar-refractivity contribution in [3.8, 4) is 23.2 Å². The molecule has 1 saturated carbocycles. The molecule has 26 heavy (non-hydrogen) atoms. The largest absolute Gasteiger partial charge is 0.497 e. The molecule has 2 unspecified atom stereocenters. The van der Waals surface area contributed by atoms with E-state index in [1.165, 1.54) is 25.7 Å². The summed E-state index contributed by atoms with van der Waals surface area (Å²) in [5.41, 5.74) is 1.07. The SMILES string of the molecule is COc1ccc(-c2nnc(SCCCC#N)n2C2CCCCC2C)cc1. The second kappa shape index (κ2) is 9.09. The van der Waals surface area contributed by atoms with Gasteiger partial charge in [0.15, 0.2) is 11.0 Å². The van der Waals surface area contributed by atoms with Crippen LogP contribution < -0.4 is 4.74 Å². The van der Waals surface area contributed by atoms with Crippen molar-refractivity contribution in [2.24, 2.45) is 5.92 Å². The fourth-order valence-electron chi connectivity index (χ4n) is 3.61. The highest BCUT2D eigenvalue weighted by molar-refractivity contribution is 7.99. The summed E-state index contributed by atoms with van der Waals surface area (Å²) in [6.07, 6.45) is 6.46. The number of hydrogen-bond acceptors (Lipinski definition) is 5. The van der Waals surface area contributed by atoms with Crippen LogP contribution in [0.2, 0.25) is 0 Å². The Bertz CT molecular complexity index is 750. The summed E-state index contributed by atoms with van der Waals surface area (Å²) in [5, 5.41) is 18.8. The van der Waals surface area contributed by atoms with Gasteiger partial charge < -0.3 is 4.74 Å². The third-order valence-corrected chi connectivity index (χ3v) is 6.10. The van der Waals surface area contributed by atoms with Gasteiger partial charge in [-0.15, -0.1) is 10.2 Å². The van der Waals surface area contributed by atoms with Crippen LogP contribution in [-0.2, 0) is 0 Å². The summed E-state index contributed by atoms with van der Waals surface area (Å²) in [6, 6.07) is 10.7. The van der Waals surface area contributed by atoms with E-state index in [9.17, 15) is 0 Å². The normalized spacial score (nSPS) is 19.9. The Morgan fingerprint density at radius 2 is 2.00 bits per heavy atom. The van der Waals surface area contributed by atoms with Gasteiger partial charge in [0.2, 0.25) is 0 Å². The van der Waals surface area contributed by atoms with Crippen molar-refractivity contribution in [2.75, 3.05) is 12.9 Å². The third-order valence-electron chi connectivity index (χ3n) is 5.07. The Balaban J connectivity index is 1.92. The number of rotatable bonds is 7. The van der Waals surface area contributed by atoms with Gasteiger partial charge in [0, 0.05) is 23.8 Å². The van der Waals surface area contributed by atoms with Crippen molar-refractivity contribution < 1.29 is 4.74 Å². The van der Waals surface area contributed by atoms with Gasteiger partial charge in [0.1, 0.15) is 5.75 Å². The Morgan fingerprint density at radius 3 is 2.69 bits per heavy atom. The lowest BCUT2D eigenvalue weighted by Crippen LogP contribution is -2.22. The predicted molar refractivity (Wildman–Crippen MR) is 104 cm³/mol. The zero-order valence-electron chi connectivity index (χ0n) is 15.5. The van der Waals surface area contributed by atoms with E-state index in [2.05, 4.69) is 39.9 Å². The van der Waals surface area contributed by atoms with Crippen molar-refractivity contribution >= 4 is 11.8 Å². The number of nitriles is 1. The number of hydrogen-bond donors (Lipinski definition) is 0. The van der Waals surface area contributed by atoms with Gasteiger partial charge >= 0.3 is 0 Å². The Hall–Kier alpha value is -2.00. The maximum atomic E-state index is 8.75. The minimum atomic E-state index is 0.439. The average molecular weight is 371 g/mol. The Labute approximate surface area is 159 Å². The molecular weight excluding hydrogens is 344 g/mol. The van der Waals surface area contributed by atoms with E-state index in [1.807, 2.05) is 12.1 Å². The molecule has 5 nitrogen and oxygen atoms in total. The van der Waals surface area contributed by atoms with Crippen LogP contribution in [0.3, 0.4) is 0 Å². The summed E-state index contributed by atoms with van der Waals surface area (Å²) in [4.78, 5) is 0. The summed E-state index contributed by atoms with van der Waals surface area (Å²) < 4.78 is 7.63. The molecule has 0 amide bonds. The monoisotopic (exact) mass is 370 g/mol. The molecule has 0 aliphatic heterocycles. The van der Waals surface area contributed by atoms with Gasteiger partial charge in [0.05, 0.1) is 13.2 Å².